The van der Waals surface area contributed by atoms with Crippen molar-refractivity contribution in [2.24, 2.45) is 0 Å². The summed E-state index contributed by atoms with van der Waals surface area (Å²) in [4.78, 5) is 24.9. The van der Waals surface area contributed by atoms with E-state index in [-0.39, 0.29) is 54.9 Å². The van der Waals surface area contributed by atoms with Gasteiger partial charge in [-0.25, -0.2) is 9.59 Å². The second-order valence-electron chi connectivity index (χ2n) is 14.9. The molecule has 20 nitrogen and oxygen atoms in total. The highest BCUT2D eigenvalue weighted by molar-refractivity contribution is 6.29. The Hall–Kier alpha value is -6.30. The summed E-state index contributed by atoms with van der Waals surface area (Å²) in [5.74, 6) is -6.65. The summed E-state index contributed by atoms with van der Waals surface area (Å²) in [5.41, 5.74) is -1.16. The lowest BCUT2D eigenvalue weighted by Gasteiger charge is -2.39. The number of fused-ring (bicyclic) bond motifs is 4. The third-order valence-corrected chi connectivity index (χ3v) is 11.2. The lowest BCUT2D eigenvalue weighted by atomic mass is 9.84. The zero-order chi connectivity index (χ0) is 44.6. The van der Waals surface area contributed by atoms with Crippen LogP contribution in [0.25, 0.3) is 54.2 Å². The lowest BCUT2D eigenvalue weighted by Crippen LogP contribution is -2.60. The molecule has 8 rings (SSSR count). The molecular formula is C42H38O20. The van der Waals surface area contributed by atoms with Gasteiger partial charge in [-0.05, 0) is 69.1 Å². The number of aliphatic hydroxyl groups is 8. The standard InChI is InChI=1S/C42H38O20/c43-11-23-31(47)35(51)37(53)41(61-23)59-21-5-1-3-15-25(17-7-13(39(55)56)9-19(45)27(17)33(49)29(15)21)26-16-4-2-6-22(60-42-38(54)36(52)32(48)24(12-44)62-42)30(16)34(50)28-18(26)8-14(40(57)58)10-20(28)46/h1-10,23-24,31-32,35-38,41-54H,11-12H2,(H,55,56)(H,57,58)/t23-,24-,31-,32-,35+,36+,37-,38-,41+,42+/m1/s1. The normalized spacial score (nSPS) is 26.6. The molecule has 62 heavy (non-hydrogen) atoms. The van der Waals surface area contributed by atoms with Crippen molar-refractivity contribution in [2.45, 2.75) is 61.4 Å². The number of carboxylic acid groups (broad SMARTS) is 2. The molecule has 0 aliphatic carbocycles. The van der Waals surface area contributed by atoms with Gasteiger partial charge in [0.15, 0.2) is 0 Å². The predicted octanol–water partition coefficient (Wildman–Crippen LogP) is 0.543. The Kier molecular flexibility index (Phi) is 10.9. The van der Waals surface area contributed by atoms with E-state index in [1.54, 1.807) is 0 Å². The summed E-state index contributed by atoms with van der Waals surface area (Å²) < 4.78 is 23.1. The molecule has 2 saturated heterocycles. The Bertz CT molecular complexity index is 2600. The molecule has 0 bridgehead atoms. The molecule has 0 radical (unpaired) electrons. The van der Waals surface area contributed by atoms with Gasteiger partial charge in [-0.3, -0.25) is 0 Å². The van der Waals surface area contributed by atoms with Crippen LogP contribution in [0, 0.1) is 0 Å². The first kappa shape index (κ1) is 42.4. The van der Waals surface area contributed by atoms with Crippen molar-refractivity contribution >= 4 is 55.0 Å². The van der Waals surface area contributed by atoms with Crippen LogP contribution in [0.2, 0.25) is 0 Å². The van der Waals surface area contributed by atoms with E-state index in [4.69, 9.17) is 18.9 Å². The van der Waals surface area contributed by atoms with Crippen LogP contribution in [-0.2, 0) is 9.47 Å². The number of aromatic carboxylic acids is 2. The zero-order valence-corrected chi connectivity index (χ0v) is 31.7. The van der Waals surface area contributed by atoms with Crippen molar-refractivity contribution in [1.29, 1.82) is 0 Å². The molecule has 0 amide bonds. The van der Waals surface area contributed by atoms with E-state index in [1.165, 1.54) is 36.4 Å². The predicted molar refractivity (Wildman–Crippen MR) is 211 cm³/mol. The molecule has 10 atom stereocenters. The Balaban J connectivity index is 1.50. The third kappa shape index (κ3) is 6.66. The molecule has 0 saturated carbocycles. The highest BCUT2D eigenvalue weighted by Gasteiger charge is 2.46. The van der Waals surface area contributed by atoms with Crippen LogP contribution in [-0.4, -0.2) is 158 Å². The van der Waals surface area contributed by atoms with Gasteiger partial charge in [-0.15, -0.1) is 0 Å². The first-order valence-corrected chi connectivity index (χ1v) is 18.8. The molecule has 20 heteroatoms. The van der Waals surface area contributed by atoms with Gasteiger partial charge in [0.05, 0.1) is 45.9 Å². The molecular weight excluding hydrogens is 824 g/mol. The molecule has 2 fully saturated rings. The van der Waals surface area contributed by atoms with E-state index in [9.17, 15) is 81.1 Å². The molecule has 326 valence electrons. The van der Waals surface area contributed by atoms with Crippen molar-refractivity contribution in [2.75, 3.05) is 13.2 Å². The number of aromatic hydroxyl groups is 4. The lowest BCUT2D eigenvalue weighted by molar-refractivity contribution is -0.277. The minimum Gasteiger partial charge on any atom is -0.507 e. The van der Waals surface area contributed by atoms with E-state index in [0.29, 0.717) is 0 Å². The monoisotopic (exact) mass is 862 g/mol. The number of carboxylic acids is 2. The van der Waals surface area contributed by atoms with Crippen molar-refractivity contribution in [3.05, 3.63) is 71.8 Å². The fourth-order valence-electron chi connectivity index (χ4n) is 8.22. The molecule has 6 aromatic rings. The second-order valence-corrected chi connectivity index (χ2v) is 14.9. The van der Waals surface area contributed by atoms with Gasteiger partial charge < -0.3 is 90.4 Å². The van der Waals surface area contributed by atoms with Crippen LogP contribution < -0.4 is 9.47 Å². The van der Waals surface area contributed by atoms with Gasteiger partial charge in [0.25, 0.3) is 0 Å². The van der Waals surface area contributed by atoms with Gasteiger partial charge in [0.2, 0.25) is 12.6 Å². The van der Waals surface area contributed by atoms with E-state index >= 15 is 0 Å². The molecule has 14 N–H and O–H groups in total. The van der Waals surface area contributed by atoms with Crippen LogP contribution in [0.3, 0.4) is 0 Å². The van der Waals surface area contributed by atoms with E-state index < -0.39 is 131 Å². The molecule has 0 unspecified atom stereocenters. The van der Waals surface area contributed by atoms with Gasteiger partial charge in [-0.1, -0.05) is 24.3 Å². The Morgan fingerprint density at radius 2 is 0.871 bits per heavy atom. The fraction of sp³-hybridized carbons (Fsp3) is 0.286. The first-order chi connectivity index (χ1) is 29.5. The maximum absolute atomic E-state index is 12.5. The smallest absolute Gasteiger partial charge is 0.335 e. The Morgan fingerprint density at radius 1 is 0.500 bits per heavy atom. The summed E-state index contributed by atoms with van der Waals surface area (Å²) in [6, 6.07) is 12.0. The van der Waals surface area contributed by atoms with Crippen molar-refractivity contribution < 1.29 is 100 Å². The van der Waals surface area contributed by atoms with Crippen LogP contribution in [0.1, 0.15) is 20.7 Å². The molecule has 2 aliphatic heterocycles. The molecule has 0 spiro atoms. The molecule has 2 heterocycles. The summed E-state index contributed by atoms with van der Waals surface area (Å²) in [6.07, 6.45) is -17.6. The Morgan fingerprint density at radius 3 is 1.21 bits per heavy atom. The second kappa shape index (κ2) is 15.9. The molecule has 0 aromatic heterocycles. The number of hydrogen-bond acceptors (Lipinski definition) is 18. The minimum atomic E-state index is -1.93. The molecule has 2 aliphatic rings. The highest BCUT2D eigenvalue weighted by atomic mass is 16.7. The number of hydrogen-bond donors (Lipinski definition) is 14. The topological polar surface area (TPSA) is 354 Å². The average Bonchev–Trinajstić information content (AvgIpc) is 3.24. The number of aliphatic hydroxyl groups excluding tert-OH is 8. The van der Waals surface area contributed by atoms with Crippen LogP contribution >= 0.6 is 0 Å². The highest BCUT2D eigenvalue weighted by Crippen LogP contribution is 2.55. The number of rotatable bonds is 9. The number of carbonyl (C=O) groups is 2. The van der Waals surface area contributed by atoms with Crippen molar-refractivity contribution in [1.82, 2.24) is 0 Å². The maximum atomic E-state index is 12.5. The van der Waals surface area contributed by atoms with Gasteiger partial charge in [0.1, 0.15) is 83.3 Å². The quantitative estimate of drug-likeness (QED) is 0.0882. The van der Waals surface area contributed by atoms with E-state index in [2.05, 4.69) is 0 Å². The first-order valence-electron chi connectivity index (χ1n) is 18.8. The summed E-state index contributed by atoms with van der Waals surface area (Å²) in [7, 11) is 0. The van der Waals surface area contributed by atoms with E-state index in [0.717, 1.165) is 24.3 Å². The minimum absolute atomic E-state index is 0.0345. The maximum Gasteiger partial charge on any atom is 0.335 e. The number of benzene rings is 6. The summed E-state index contributed by atoms with van der Waals surface area (Å²) in [6.45, 7) is -1.62. The Labute approximate surface area is 346 Å². The SMILES string of the molecule is O=C(O)c1cc(O)c2c(O)c3c(O[C@H]4O[C@H](CO)[C@@H](O)[C@H](O)[C@H]4O)cccc3c(-c3c4cc(C(=O)O)cc(O)c4c(O)c4c(O[C@H]5O[C@H](CO)[C@@H](O)[C@H](O)[C@H]5O)cccc34)c2c1. The average molecular weight is 863 g/mol. The number of phenolic OH excluding ortho intramolecular Hbond substituents is 4. The largest absolute Gasteiger partial charge is 0.507 e. The van der Waals surface area contributed by atoms with Gasteiger partial charge >= 0.3 is 11.9 Å². The van der Waals surface area contributed by atoms with Crippen LogP contribution in [0.4, 0.5) is 0 Å². The van der Waals surface area contributed by atoms with Crippen molar-refractivity contribution in [3.63, 3.8) is 0 Å². The zero-order valence-electron chi connectivity index (χ0n) is 31.7. The van der Waals surface area contributed by atoms with E-state index in [1.807, 2.05) is 0 Å². The summed E-state index contributed by atoms with van der Waals surface area (Å²) >= 11 is 0. The third-order valence-electron chi connectivity index (χ3n) is 11.2. The van der Waals surface area contributed by atoms with Gasteiger partial charge in [0, 0.05) is 0 Å². The summed E-state index contributed by atoms with van der Waals surface area (Å²) in [5, 5.41) is 149. The van der Waals surface area contributed by atoms with Crippen molar-refractivity contribution in [3.8, 4) is 45.6 Å². The number of phenols is 4. The fourth-order valence-corrected chi connectivity index (χ4v) is 8.22. The molecule has 6 aromatic carbocycles. The van der Waals surface area contributed by atoms with Crippen LogP contribution in [0.5, 0.6) is 34.5 Å². The van der Waals surface area contributed by atoms with Crippen LogP contribution in [0.15, 0.2) is 60.7 Å². The number of ether oxygens (including phenoxy) is 4. The van der Waals surface area contributed by atoms with Gasteiger partial charge in [-0.2, -0.15) is 0 Å².